The molecule has 0 aliphatic heterocycles. The van der Waals surface area contributed by atoms with Crippen molar-refractivity contribution in [1.82, 2.24) is 24.8 Å². The molecule has 0 saturated heterocycles. The molecule has 0 bridgehead atoms. The molecule has 0 saturated carbocycles. The molecule has 1 amide bonds. The normalized spacial score (nSPS) is 11.2. The summed E-state index contributed by atoms with van der Waals surface area (Å²) < 4.78 is 3.06. The largest absolute Gasteiger partial charge is 0.286 e. The number of amides is 1. The summed E-state index contributed by atoms with van der Waals surface area (Å²) in [6.07, 6.45) is 2.95. The number of nitrogens with zero attached hydrogens (tertiary/aromatic N) is 5. The molecule has 23 heavy (non-hydrogen) atoms. The van der Waals surface area contributed by atoms with E-state index < -0.39 is 0 Å². The van der Waals surface area contributed by atoms with Gasteiger partial charge in [-0.3, -0.25) is 14.3 Å². The van der Waals surface area contributed by atoms with Crippen LogP contribution in [-0.4, -0.2) is 31.5 Å². The summed E-state index contributed by atoms with van der Waals surface area (Å²) in [4.78, 5) is 23.8. The zero-order valence-electron chi connectivity index (χ0n) is 12.4. The third-order valence-corrected chi connectivity index (χ3v) is 3.25. The van der Waals surface area contributed by atoms with Crippen LogP contribution in [0, 0.1) is 6.92 Å². The Morgan fingerprint density at radius 1 is 1.35 bits per heavy atom. The zero-order valence-corrected chi connectivity index (χ0v) is 12.4. The Bertz CT molecular complexity index is 926. The highest BCUT2D eigenvalue weighted by molar-refractivity contribution is 5.82. The fourth-order valence-electron chi connectivity index (χ4n) is 2.16. The molecule has 8 heteroatoms. The Morgan fingerprint density at radius 3 is 2.91 bits per heavy atom. The molecule has 1 N–H and O–H groups in total. The Labute approximate surface area is 131 Å². The van der Waals surface area contributed by atoms with Gasteiger partial charge in [0, 0.05) is 11.8 Å². The maximum atomic E-state index is 12.0. The molecule has 2 aromatic heterocycles. The summed E-state index contributed by atoms with van der Waals surface area (Å²) in [6.45, 7) is 1.73. The van der Waals surface area contributed by atoms with Crippen LogP contribution in [0.5, 0.6) is 0 Å². The summed E-state index contributed by atoms with van der Waals surface area (Å²) in [5, 5.41) is 11.4. The van der Waals surface area contributed by atoms with Crippen LogP contribution < -0.4 is 10.9 Å². The van der Waals surface area contributed by atoms with E-state index in [4.69, 9.17) is 0 Å². The van der Waals surface area contributed by atoms with E-state index in [0.29, 0.717) is 5.69 Å². The lowest BCUT2D eigenvalue weighted by Crippen LogP contribution is -2.28. The highest BCUT2D eigenvalue weighted by atomic mass is 16.2. The molecule has 3 aromatic rings. The van der Waals surface area contributed by atoms with Crippen LogP contribution in [0.3, 0.4) is 0 Å². The van der Waals surface area contributed by atoms with Gasteiger partial charge in [0.25, 0.3) is 5.91 Å². The molecule has 0 aliphatic carbocycles. The number of carbonyl (C=O) groups excluding carboxylic acids is 1. The molecule has 0 atom stereocenters. The van der Waals surface area contributed by atoms with Crippen molar-refractivity contribution >= 4 is 17.8 Å². The SMILES string of the molecule is Cc1cc(=O)c2nncn2n1CC(=O)NN=Cc1ccccc1. The first kappa shape index (κ1) is 14.6. The van der Waals surface area contributed by atoms with Gasteiger partial charge in [-0.2, -0.15) is 5.10 Å². The van der Waals surface area contributed by atoms with E-state index in [-0.39, 0.29) is 23.5 Å². The van der Waals surface area contributed by atoms with Crippen LogP contribution in [0.1, 0.15) is 11.3 Å². The predicted molar refractivity (Wildman–Crippen MR) is 84.2 cm³/mol. The van der Waals surface area contributed by atoms with Crippen molar-refractivity contribution in [2.24, 2.45) is 5.10 Å². The number of hydrogen-bond acceptors (Lipinski definition) is 5. The third kappa shape index (κ3) is 3.15. The predicted octanol–water partition coefficient (Wildman–Crippen LogP) is 0.350. The maximum Gasteiger partial charge on any atom is 0.261 e. The summed E-state index contributed by atoms with van der Waals surface area (Å²) in [7, 11) is 0. The molecule has 0 spiro atoms. The van der Waals surface area contributed by atoms with Crippen LogP contribution >= 0.6 is 0 Å². The standard InChI is InChI=1S/C15H14N6O2/c1-11-7-13(22)15-19-17-10-21(15)20(11)9-14(23)18-16-8-12-5-3-2-4-6-12/h2-8,10H,9H2,1H3,(H,18,23). The van der Waals surface area contributed by atoms with E-state index in [0.717, 1.165) is 5.56 Å². The molecule has 1 aromatic carbocycles. The van der Waals surface area contributed by atoms with Crippen molar-refractivity contribution < 1.29 is 4.79 Å². The number of hydrazone groups is 1. The quantitative estimate of drug-likeness (QED) is 0.556. The molecule has 0 radical (unpaired) electrons. The Balaban J connectivity index is 1.75. The minimum atomic E-state index is -0.320. The lowest BCUT2D eigenvalue weighted by Gasteiger charge is -2.11. The van der Waals surface area contributed by atoms with Crippen molar-refractivity contribution in [3.05, 3.63) is 64.2 Å². The van der Waals surface area contributed by atoms with Crippen LogP contribution in [0.15, 0.2) is 52.6 Å². The monoisotopic (exact) mass is 310 g/mol. The number of hydrogen-bond donors (Lipinski definition) is 1. The fraction of sp³-hybridized carbons (Fsp3) is 0.133. The second-order valence-corrected chi connectivity index (χ2v) is 4.91. The summed E-state index contributed by atoms with van der Waals surface area (Å²) in [5.74, 6) is -0.320. The van der Waals surface area contributed by atoms with Gasteiger partial charge in [0.05, 0.1) is 6.21 Å². The molecular weight excluding hydrogens is 296 g/mol. The van der Waals surface area contributed by atoms with Crippen LogP contribution in [0.4, 0.5) is 0 Å². The molecule has 0 aliphatic rings. The van der Waals surface area contributed by atoms with E-state index in [1.165, 1.54) is 16.9 Å². The van der Waals surface area contributed by atoms with Crippen molar-refractivity contribution in [2.45, 2.75) is 13.5 Å². The van der Waals surface area contributed by atoms with Crippen LogP contribution in [0.2, 0.25) is 0 Å². The van der Waals surface area contributed by atoms with Gasteiger partial charge in [0.15, 0.2) is 0 Å². The second kappa shape index (κ2) is 6.22. The van der Waals surface area contributed by atoms with Crippen LogP contribution in [-0.2, 0) is 11.3 Å². The van der Waals surface area contributed by atoms with Crippen LogP contribution in [0.25, 0.3) is 5.65 Å². The summed E-state index contributed by atoms with van der Waals surface area (Å²) in [5.41, 5.74) is 3.91. The average molecular weight is 310 g/mol. The fourth-order valence-corrected chi connectivity index (χ4v) is 2.16. The number of aryl methyl sites for hydroxylation is 1. The van der Waals surface area contributed by atoms with Gasteiger partial charge in [-0.05, 0) is 12.5 Å². The highest BCUT2D eigenvalue weighted by Crippen LogP contribution is 1.99. The lowest BCUT2D eigenvalue weighted by molar-refractivity contribution is -0.121. The van der Waals surface area contributed by atoms with E-state index in [1.807, 2.05) is 30.3 Å². The van der Waals surface area contributed by atoms with Crippen molar-refractivity contribution in [1.29, 1.82) is 0 Å². The van der Waals surface area contributed by atoms with Crippen molar-refractivity contribution in [3.8, 4) is 0 Å². The molecule has 3 rings (SSSR count). The topological polar surface area (TPSA) is 93.7 Å². The first-order valence-electron chi connectivity index (χ1n) is 6.92. The van der Waals surface area contributed by atoms with Gasteiger partial charge in [-0.1, -0.05) is 30.3 Å². The number of rotatable bonds is 4. The Hall–Kier alpha value is -3.29. The summed E-state index contributed by atoms with van der Waals surface area (Å²) in [6, 6.07) is 10.8. The van der Waals surface area contributed by atoms with E-state index in [1.54, 1.807) is 17.8 Å². The molecule has 2 heterocycles. The lowest BCUT2D eigenvalue weighted by atomic mass is 10.2. The van der Waals surface area contributed by atoms with E-state index in [2.05, 4.69) is 20.7 Å². The average Bonchev–Trinajstić information content (AvgIpc) is 3.02. The minimum Gasteiger partial charge on any atom is -0.286 e. The smallest absolute Gasteiger partial charge is 0.261 e. The molecular formula is C15H14N6O2. The van der Waals surface area contributed by atoms with Gasteiger partial charge in [-0.25, -0.2) is 9.94 Å². The number of fused-ring (bicyclic) bond motifs is 1. The van der Waals surface area contributed by atoms with Gasteiger partial charge < -0.3 is 0 Å². The second-order valence-electron chi connectivity index (χ2n) is 4.91. The van der Waals surface area contributed by atoms with Crippen molar-refractivity contribution in [2.75, 3.05) is 0 Å². The molecule has 8 nitrogen and oxygen atoms in total. The number of benzene rings is 1. The number of nitrogens with one attached hydrogen (secondary N) is 1. The summed E-state index contributed by atoms with van der Waals surface area (Å²) >= 11 is 0. The highest BCUT2D eigenvalue weighted by Gasteiger charge is 2.10. The Kier molecular flexibility index (Phi) is 3.96. The first-order valence-corrected chi connectivity index (χ1v) is 6.92. The van der Waals surface area contributed by atoms with Gasteiger partial charge in [0.1, 0.15) is 12.9 Å². The number of carbonyl (C=O) groups is 1. The zero-order chi connectivity index (χ0) is 16.2. The first-order chi connectivity index (χ1) is 11.1. The Morgan fingerprint density at radius 2 is 2.13 bits per heavy atom. The number of aromatic nitrogens is 4. The van der Waals surface area contributed by atoms with Gasteiger partial charge in [0.2, 0.25) is 11.1 Å². The van der Waals surface area contributed by atoms with E-state index in [9.17, 15) is 9.59 Å². The maximum absolute atomic E-state index is 12.0. The van der Waals surface area contributed by atoms with Gasteiger partial charge >= 0.3 is 0 Å². The minimum absolute atomic E-state index is 0.00716. The van der Waals surface area contributed by atoms with Crippen molar-refractivity contribution in [3.63, 3.8) is 0 Å². The van der Waals surface area contributed by atoms with Gasteiger partial charge in [-0.15, -0.1) is 10.2 Å². The third-order valence-electron chi connectivity index (χ3n) is 3.25. The molecule has 0 unspecified atom stereocenters. The molecule has 0 fully saturated rings. The van der Waals surface area contributed by atoms with E-state index >= 15 is 0 Å². The molecule has 116 valence electrons.